The van der Waals surface area contributed by atoms with Crippen LogP contribution in [0.25, 0.3) is 16.2 Å². The van der Waals surface area contributed by atoms with Crippen LogP contribution < -0.4 is 4.74 Å². The van der Waals surface area contributed by atoms with Crippen LogP contribution in [0.5, 0.6) is 5.75 Å². The largest absolute Gasteiger partial charge is 0.495 e. The standard InChI is InChI=1S/C23H27N3O5S2/c1-12-20(13-3-8-18(31-2)19(9-13)33(29,30)17-10-16(27)11-17)26-22(24-12)32-21(25-26)23(28,14-4-5-14)15-6-7-15/h3,8-9,14-17,27-28H,4-7,10-11H2,1-2H3. The van der Waals surface area contributed by atoms with E-state index in [1.165, 1.54) is 18.4 Å². The molecule has 1 aromatic carbocycles. The molecule has 6 rings (SSSR count). The van der Waals surface area contributed by atoms with Gasteiger partial charge in [-0.05, 0) is 75.5 Å². The van der Waals surface area contributed by atoms with E-state index >= 15 is 0 Å². The first kappa shape index (κ1) is 21.5. The summed E-state index contributed by atoms with van der Waals surface area (Å²) < 4.78 is 33.6. The van der Waals surface area contributed by atoms with Crippen molar-refractivity contribution >= 4 is 26.1 Å². The number of aryl methyl sites for hydroxylation is 1. The number of nitrogens with zero attached hydrogens (tertiary/aromatic N) is 3. The number of aliphatic hydroxyl groups is 2. The molecule has 3 fully saturated rings. The fraction of sp³-hybridized carbons (Fsp3) is 0.565. The van der Waals surface area contributed by atoms with Crippen molar-refractivity contribution in [2.24, 2.45) is 11.8 Å². The molecule has 0 atom stereocenters. The predicted octanol–water partition coefficient (Wildman–Crippen LogP) is 3.08. The molecular weight excluding hydrogens is 462 g/mol. The maximum Gasteiger partial charge on any atom is 0.213 e. The van der Waals surface area contributed by atoms with Gasteiger partial charge in [-0.25, -0.2) is 17.9 Å². The number of benzene rings is 1. The van der Waals surface area contributed by atoms with Crippen molar-refractivity contribution in [2.75, 3.05) is 7.11 Å². The van der Waals surface area contributed by atoms with Crippen LogP contribution in [0.1, 0.15) is 49.2 Å². The average Bonchev–Trinajstić information content (AvgIpc) is 3.68. The van der Waals surface area contributed by atoms with Crippen molar-refractivity contribution in [3.63, 3.8) is 0 Å². The summed E-state index contributed by atoms with van der Waals surface area (Å²) in [4.78, 5) is 5.50. The normalized spacial score (nSPS) is 23.6. The van der Waals surface area contributed by atoms with Crippen LogP contribution in [0.15, 0.2) is 23.1 Å². The van der Waals surface area contributed by atoms with Gasteiger partial charge in [-0.3, -0.25) is 0 Å². The smallest absolute Gasteiger partial charge is 0.213 e. The Morgan fingerprint density at radius 1 is 1.18 bits per heavy atom. The highest BCUT2D eigenvalue weighted by atomic mass is 32.2. The summed E-state index contributed by atoms with van der Waals surface area (Å²) in [5.41, 5.74) is 1.26. The van der Waals surface area contributed by atoms with Gasteiger partial charge in [0.15, 0.2) is 9.84 Å². The third kappa shape index (κ3) is 3.25. The number of hydrogen-bond acceptors (Lipinski definition) is 8. The lowest BCUT2D eigenvalue weighted by Crippen LogP contribution is -2.39. The summed E-state index contributed by atoms with van der Waals surface area (Å²) in [6, 6.07) is 5.10. The summed E-state index contributed by atoms with van der Waals surface area (Å²) in [5, 5.41) is 26.1. The molecule has 8 nitrogen and oxygen atoms in total. The summed E-state index contributed by atoms with van der Waals surface area (Å²) in [5.74, 6) is 0.816. The summed E-state index contributed by atoms with van der Waals surface area (Å²) >= 11 is 1.43. The highest BCUT2D eigenvalue weighted by Gasteiger charge is 2.56. The van der Waals surface area contributed by atoms with Crippen LogP contribution in [0, 0.1) is 18.8 Å². The van der Waals surface area contributed by atoms with E-state index in [-0.39, 0.29) is 35.3 Å². The molecule has 0 amide bonds. The highest BCUT2D eigenvalue weighted by molar-refractivity contribution is 7.92. The molecule has 0 aliphatic heterocycles. The van der Waals surface area contributed by atoms with Gasteiger partial charge in [-0.1, -0.05) is 11.3 Å². The van der Waals surface area contributed by atoms with Gasteiger partial charge in [0.2, 0.25) is 4.96 Å². The second-order valence-corrected chi connectivity index (χ2v) is 12.8. The van der Waals surface area contributed by atoms with Gasteiger partial charge in [-0.2, -0.15) is 5.10 Å². The molecule has 0 spiro atoms. The van der Waals surface area contributed by atoms with Gasteiger partial charge >= 0.3 is 0 Å². The van der Waals surface area contributed by atoms with E-state index in [9.17, 15) is 18.6 Å². The number of ether oxygens (including phenoxy) is 1. The molecule has 3 aromatic rings. The molecule has 3 saturated carbocycles. The first-order valence-electron chi connectivity index (χ1n) is 11.4. The molecule has 2 heterocycles. The Morgan fingerprint density at radius 3 is 2.42 bits per heavy atom. The Hall–Kier alpha value is -2.01. The fourth-order valence-electron chi connectivity index (χ4n) is 5.09. The summed E-state index contributed by atoms with van der Waals surface area (Å²) in [6.45, 7) is 1.88. The predicted molar refractivity (Wildman–Crippen MR) is 123 cm³/mol. The van der Waals surface area contributed by atoms with Gasteiger partial charge in [-0.15, -0.1) is 0 Å². The van der Waals surface area contributed by atoms with Crippen molar-refractivity contribution in [2.45, 2.75) is 67.3 Å². The summed E-state index contributed by atoms with van der Waals surface area (Å²) in [6.07, 6.45) is 4.00. The van der Waals surface area contributed by atoms with Crippen LogP contribution in [0.3, 0.4) is 0 Å². The lowest BCUT2D eigenvalue weighted by molar-refractivity contribution is -0.0111. The van der Waals surface area contributed by atoms with E-state index in [2.05, 4.69) is 4.98 Å². The van der Waals surface area contributed by atoms with E-state index in [1.807, 2.05) is 13.0 Å². The van der Waals surface area contributed by atoms with E-state index in [4.69, 9.17) is 9.84 Å². The Labute approximate surface area is 196 Å². The van der Waals surface area contributed by atoms with Gasteiger partial charge in [0.05, 0.1) is 29.9 Å². The highest BCUT2D eigenvalue weighted by Crippen LogP contribution is 2.58. The zero-order valence-electron chi connectivity index (χ0n) is 18.6. The quantitative estimate of drug-likeness (QED) is 0.524. The number of methoxy groups -OCH3 is 1. The molecule has 10 heteroatoms. The van der Waals surface area contributed by atoms with Crippen LogP contribution in [-0.2, 0) is 15.4 Å². The molecular formula is C23H27N3O5S2. The van der Waals surface area contributed by atoms with Crippen LogP contribution in [0.4, 0.5) is 0 Å². The zero-order chi connectivity index (χ0) is 23.1. The van der Waals surface area contributed by atoms with Gasteiger partial charge in [0, 0.05) is 5.56 Å². The summed E-state index contributed by atoms with van der Waals surface area (Å²) in [7, 11) is -2.20. The van der Waals surface area contributed by atoms with Crippen LogP contribution in [-0.4, -0.2) is 51.7 Å². The van der Waals surface area contributed by atoms with E-state index < -0.39 is 26.8 Å². The maximum absolute atomic E-state index is 13.2. The van der Waals surface area contributed by atoms with Crippen molar-refractivity contribution in [1.29, 1.82) is 0 Å². The van der Waals surface area contributed by atoms with E-state index in [0.29, 0.717) is 21.2 Å². The number of sulfone groups is 1. The third-order valence-electron chi connectivity index (χ3n) is 7.37. The molecule has 2 aromatic heterocycles. The van der Waals surface area contributed by atoms with Crippen LogP contribution >= 0.6 is 11.3 Å². The number of imidazole rings is 1. The molecule has 176 valence electrons. The molecule has 0 unspecified atom stereocenters. The first-order chi connectivity index (χ1) is 15.7. The SMILES string of the molecule is COc1ccc(-c2c(C)nc3sc(C(O)(C4CC4)C4CC4)nn23)cc1S(=O)(=O)C1CC(O)C1. The van der Waals surface area contributed by atoms with Crippen molar-refractivity contribution < 1.29 is 23.4 Å². The van der Waals surface area contributed by atoms with Gasteiger partial charge in [0.25, 0.3) is 0 Å². The molecule has 3 aliphatic rings. The Kier molecular flexibility index (Phi) is 4.72. The molecule has 0 saturated heterocycles. The zero-order valence-corrected chi connectivity index (χ0v) is 20.2. The van der Waals surface area contributed by atoms with Crippen molar-refractivity contribution in [3.8, 4) is 17.0 Å². The van der Waals surface area contributed by atoms with Gasteiger partial charge in [0.1, 0.15) is 21.3 Å². The number of hydrogen-bond donors (Lipinski definition) is 2. The number of aromatic nitrogens is 3. The van der Waals surface area contributed by atoms with Crippen molar-refractivity contribution in [3.05, 3.63) is 28.9 Å². The second kappa shape index (κ2) is 7.24. The minimum absolute atomic E-state index is 0.122. The maximum atomic E-state index is 13.2. The van der Waals surface area contributed by atoms with E-state index in [0.717, 1.165) is 31.4 Å². The molecule has 0 bridgehead atoms. The monoisotopic (exact) mass is 489 g/mol. The van der Waals surface area contributed by atoms with E-state index in [1.54, 1.807) is 16.6 Å². The molecule has 2 N–H and O–H groups in total. The van der Waals surface area contributed by atoms with Crippen molar-refractivity contribution in [1.82, 2.24) is 14.6 Å². The Morgan fingerprint density at radius 2 is 1.85 bits per heavy atom. The minimum atomic E-state index is -3.65. The Bertz CT molecular complexity index is 1340. The number of fused-ring (bicyclic) bond motifs is 1. The lowest BCUT2D eigenvalue weighted by Gasteiger charge is -2.31. The van der Waals surface area contributed by atoms with Gasteiger partial charge < -0.3 is 14.9 Å². The lowest BCUT2D eigenvalue weighted by atomic mass is 9.93. The number of aliphatic hydroxyl groups excluding tert-OH is 1. The minimum Gasteiger partial charge on any atom is -0.495 e. The topological polar surface area (TPSA) is 114 Å². The molecule has 33 heavy (non-hydrogen) atoms. The average molecular weight is 490 g/mol. The fourth-order valence-corrected chi connectivity index (χ4v) is 8.32. The third-order valence-corrected chi connectivity index (χ3v) is 10.6. The van der Waals surface area contributed by atoms with Crippen LogP contribution in [0.2, 0.25) is 0 Å². The Balaban J connectivity index is 1.46. The number of rotatable bonds is 7. The molecule has 0 radical (unpaired) electrons. The first-order valence-corrected chi connectivity index (χ1v) is 13.8. The second-order valence-electron chi connectivity index (χ2n) is 9.68. The molecule has 3 aliphatic carbocycles.